The molecule has 0 bridgehead atoms. The van der Waals surface area contributed by atoms with Crippen LogP contribution in [0.15, 0.2) is 29.2 Å². The van der Waals surface area contributed by atoms with Gasteiger partial charge >= 0.3 is 0 Å². The fourth-order valence-corrected chi connectivity index (χ4v) is 3.16. The largest absolute Gasteiger partial charge is 0.497 e. The lowest BCUT2D eigenvalue weighted by molar-refractivity contribution is 0.234. The smallest absolute Gasteiger partial charge is 0.290 e. The fraction of sp³-hybridized carbons (Fsp3) is 0.333. The van der Waals surface area contributed by atoms with Crippen LogP contribution in [0.4, 0.5) is 0 Å². The summed E-state index contributed by atoms with van der Waals surface area (Å²) in [6.45, 7) is 0. The van der Waals surface area contributed by atoms with Crippen LogP contribution in [0.3, 0.4) is 0 Å². The first-order valence-corrected chi connectivity index (χ1v) is 7.94. The number of hydrogen-bond donors (Lipinski definition) is 1. The normalized spacial score (nSPS) is 12.9. The highest BCUT2D eigenvalue weighted by molar-refractivity contribution is 7.91. The van der Waals surface area contributed by atoms with Gasteiger partial charge in [0, 0.05) is 14.1 Å². The van der Waals surface area contributed by atoms with Crippen molar-refractivity contribution in [3.63, 3.8) is 0 Å². The van der Waals surface area contributed by atoms with Gasteiger partial charge in [0.25, 0.3) is 20.2 Å². The number of hydrazine groups is 1. The SMILES string of the molecule is COc1ccc(S(=O)(=O)N(C)N(C)S(N)(=O)=O)cc1. The van der Waals surface area contributed by atoms with Crippen LogP contribution in [0.5, 0.6) is 5.75 Å². The van der Waals surface area contributed by atoms with Crippen molar-refractivity contribution in [2.75, 3.05) is 21.2 Å². The van der Waals surface area contributed by atoms with Crippen LogP contribution in [-0.4, -0.2) is 46.9 Å². The Bertz CT molecular complexity index is 639. The monoisotopic (exact) mass is 309 g/mol. The molecule has 108 valence electrons. The quantitative estimate of drug-likeness (QED) is 0.728. The zero-order valence-electron chi connectivity index (χ0n) is 10.6. The van der Waals surface area contributed by atoms with Crippen molar-refractivity contribution in [1.29, 1.82) is 0 Å². The van der Waals surface area contributed by atoms with Gasteiger partial charge in [-0.05, 0) is 24.3 Å². The Balaban J connectivity index is 3.16. The van der Waals surface area contributed by atoms with Crippen LogP contribution in [0.25, 0.3) is 0 Å². The zero-order chi connectivity index (χ0) is 14.8. The lowest BCUT2D eigenvalue weighted by Crippen LogP contribution is -2.47. The summed E-state index contributed by atoms with van der Waals surface area (Å²) in [7, 11) is -4.58. The number of sulfonamides is 1. The topological polar surface area (TPSA) is 110 Å². The summed E-state index contributed by atoms with van der Waals surface area (Å²) in [6, 6.07) is 5.53. The van der Waals surface area contributed by atoms with E-state index in [9.17, 15) is 16.8 Å². The van der Waals surface area contributed by atoms with Crippen molar-refractivity contribution in [1.82, 2.24) is 8.83 Å². The highest BCUT2D eigenvalue weighted by atomic mass is 32.2. The lowest BCUT2D eigenvalue weighted by Gasteiger charge is -2.24. The third kappa shape index (κ3) is 3.42. The molecule has 0 aliphatic rings. The predicted molar refractivity (Wildman–Crippen MR) is 68.8 cm³/mol. The summed E-state index contributed by atoms with van der Waals surface area (Å²) in [6.07, 6.45) is 0. The average Bonchev–Trinajstić information content (AvgIpc) is 2.35. The molecule has 10 heteroatoms. The Morgan fingerprint density at radius 1 is 1.00 bits per heavy atom. The molecular formula is C9H15N3O5S2. The van der Waals surface area contributed by atoms with Gasteiger partial charge < -0.3 is 4.74 Å². The molecule has 0 aliphatic heterocycles. The molecule has 0 radical (unpaired) electrons. The maximum absolute atomic E-state index is 12.1. The predicted octanol–water partition coefficient (Wildman–Crippen LogP) is -0.634. The molecule has 0 spiro atoms. The van der Waals surface area contributed by atoms with Crippen LogP contribution >= 0.6 is 0 Å². The molecular weight excluding hydrogens is 294 g/mol. The van der Waals surface area contributed by atoms with E-state index in [4.69, 9.17) is 9.88 Å². The Labute approximate surface area is 112 Å². The lowest BCUT2D eigenvalue weighted by atomic mass is 10.3. The zero-order valence-corrected chi connectivity index (χ0v) is 12.3. The van der Waals surface area contributed by atoms with Crippen molar-refractivity contribution in [2.24, 2.45) is 5.14 Å². The molecule has 2 N–H and O–H groups in total. The van der Waals surface area contributed by atoms with Crippen LogP contribution in [0.1, 0.15) is 0 Å². The van der Waals surface area contributed by atoms with E-state index in [0.29, 0.717) is 14.6 Å². The summed E-state index contributed by atoms with van der Waals surface area (Å²) in [5.74, 6) is 0.487. The number of ether oxygens (including phenoxy) is 1. The molecule has 0 aliphatic carbocycles. The fourth-order valence-electron chi connectivity index (χ4n) is 1.21. The molecule has 0 saturated carbocycles. The molecule has 0 fully saturated rings. The van der Waals surface area contributed by atoms with E-state index in [2.05, 4.69) is 0 Å². The summed E-state index contributed by atoms with van der Waals surface area (Å²) in [4.78, 5) is -0.0775. The van der Waals surface area contributed by atoms with Gasteiger partial charge in [-0.3, -0.25) is 0 Å². The maximum Gasteiger partial charge on any atom is 0.290 e. The van der Waals surface area contributed by atoms with Crippen molar-refractivity contribution in [2.45, 2.75) is 4.90 Å². The van der Waals surface area contributed by atoms with E-state index < -0.39 is 20.2 Å². The van der Waals surface area contributed by atoms with Crippen LogP contribution in [0.2, 0.25) is 0 Å². The molecule has 0 saturated heterocycles. The molecule has 1 rings (SSSR count). The molecule has 19 heavy (non-hydrogen) atoms. The molecule has 0 atom stereocenters. The molecule has 1 aromatic carbocycles. The van der Waals surface area contributed by atoms with Crippen LogP contribution < -0.4 is 9.88 Å². The van der Waals surface area contributed by atoms with Gasteiger partial charge in [0.15, 0.2) is 0 Å². The van der Waals surface area contributed by atoms with E-state index in [1.54, 1.807) is 0 Å². The summed E-state index contributed by atoms with van der Waals surface area (Å²) in [5, 5.41) is 4.87. The Kier molecular flexibility index (Phi) is 4.53. The summed E-state index contributed by atoms with van der Waals surface area (Å²) in [5.41, 5.74) is 0. The van der Waals surface area contributed by atoms with Gasteiger partial charge in [0.1, 0.15) is 5.75 Å². The Morgan fingerprint density at radius 2 is 1.47 bits per heavy atom. The number of hydrogen-bond acceptors (Lipinski definition) is 5. The third-order valence-electron chi connectivity index (χ3n) is 2.47. The second-order valence-electron chi connectivity index (χ2n) is 3.59. The molecule has 8 nitrogen and oxygen atoms in total. The highest BCUT2D eigenvalue weighted by Gasteiger charge is 2.29. The molecule has 0 heterocycles. The average molecular weight is 309 g/mol. The van der Waals surface area contributed by atoms with Crippen molar-refractivity contribution >= 4 is 20.2 Å². The first kappa shape index (κ1) is 15.9. The van der Waals surface area contributed by atoms with Gasteiger partial charge in [-0.15, -0.1) is 8.83 Å². The van der Waals surface area contributed by atoms with E-state index >= 15 is 0 Å². The Morgan fingerprint density at radius 3 is 1.84 bits per heavy atom. The number of benzene rings is 1. The molecule has 0 unspecified atom stereocenters. The maximum atomic E-state index is 12.1. The van der Waals surface area contributed by atoms with Crippen LogP contribution in [0, 0.1) is 0 Å². The number of nitrogens with two attached hydrogens (primary N) is 1. The van der Waals surface area contributed by atoms with Crippen molar-refractivity contribution < 1.29 is 21.6 Å². The second-order valence-corrected chi connectivity index (χ2v) is 7.10. The van der Waals surface area contributed by atoms with Gasteiger partial charge in [-0.25, -0.2) is 13.6 Å². The summed E-state index contributed by atoms with van der Waals surface area (Å²) >= 11 is 0. The standard InChI is InChI=1S/C9H15N3O5S2/c1-11(12(2)19(10,15)16)18(13,14)9-6-4-8(17-3)5-7-9/h4-7H,1-3H3,(H2,10,15,16). The van der Waals surface area contributed by atoms with Gasteiger partial charge in [0.05, 0.1) is 12.0 Å². The first-order valence-electron chi connectivity index (χ1n) is 5.00. The van der Waals surface area contributed by atoms with Gasteiger partial charge in [-0.1, -0.05) is 0 Å². The van der Waals surface area contributed by atoms with E-state index in [-0.39, 0.29) is 4.90 Å². The highest BCUT2D eigenvalue weighted by Crippen LogP contribution is 2.19. The van der Waals surface area contributed by atoms with E-state index in [0.717, 1.165) is 14.1 Å². The molecule has 0 aromatic heterocycles. The van der Waals surface area contributed by atoms with E-state index in [1.165, 1.54) is 31.4 Å². The van der Waals surface area contributed by atoms with Gasteiger partial charge in [-0.2, -0.15) is 8.42 Å². The number of methoxy groups -OCH3 is 1. The van der Waals surface area contributed by atoms with Gasteiger partial charge in [0.2, 0.25) is 0 Å². The number of nitrogens with zero attached hydrogens (tertiary/aromatic N) is 2. The van der Waals surface area contributed by atoms with E-state index in [1.807, 2.05) is 0 Å². The summed E-state index contributed by atoms with van der Waals surface area (Å²) < 4.78 is 52.4. The minimum atomic E-state index is -4.15. The van der Waals surface area contributed by atoms with Crippen molar-refractivity contribution in [3.05, 3.63) is 24.3 Å². The Hall–Kier alpha value is -1.20. The van der Waals surface area contributed by atoms with Crippen molar-refractivity contribution in [3.8, 4) is 5.75 Å². The minimum Gasteiger partial charge on any atom is -0.497 e. The minimum absolute atomic E-state index is 0.0775. The third-order valence-corrected chi connectivity index (χ3v) is 5.36. The molecule has 1 aromatic rings. The first-order chi connectivity index (χ1) is 8.60. The molecule has 0 amide bonds. The number of rotatable bonds is 5. The second kappa shape index (κ2) is 5.43. The van der Waals surface area contributed by atoms with Crippen LogP contribution in [-0.2, 0) is 20.2 Å².